The average molecular weight is 286 g/mol. The molecular weight excluding hydrogens is 268 g/mol. The number of methoxy groups -OCH3 is 1. The fraction of sp³-hybridized carbons (Fsp3) is 0.636. The van der Waals surface area contributed by atoms with Crippen LogP contribution < -0.4 is 5.32 Å². The van der Waals surface area contributed by atoms with E-state index in [4.69, 9.17) is 4.74 Å². The Morgan fingerprint density at radius 1 is 1.42 bits per heavy atom. The van der Waals surface area contributed by atoms with Gasteiger partial charge in [-0.2, -0.15) is 4.31 Å². The van der Waals surface area contributed by atoms with E-state index in [-0.39, 0.29) is 11.0 Å². The van der Waals surface area contributed by atoms with Crippen molar-refractivity contribution in [2.75, 3.05) is 32.6 Å². The van der Waals surface area contributed by atoms with Gasteiger partial charge in [0.25, 0.3) is 0 Å². The second-order valence-electron chi connectivity index (χ2n) is 4.36. The predicted octanol–water partition coefficient (Wildman–Crippen LogP) is 0.318. The van der Waals surface area contributed by atoms with Crippen molar-refractivity contribution < 1.29 is 13.2 Å². The largest absolute Gasteiger partial charge is 0.380 e. The molecule has 0 aliphatic carbocycles. The summed E-state index contributed by atoms with van der Waals surface area (Å²) in [6, 6.07) is 0. The lowest BCUT2D eigenvalue weighted by Gasteiger charge is -2.30. The Bertz CT molecular complexity index is 517. The van der Waals surface area contributed by atoms with Gasteiger partial charge in [-0.3, -0.25) is 0 Å². The molecule has 0 saturated carbocycles. The lowest BCUT2D eigenvalue weighted by atomic mass is 10.1. The molecule has 1 aromatic rings. The minimum atomic E-state index is -3.53. The zero-order valence-electron chi connectivity index (χ0n) is 11.0. The van der Waals surface area contributed by atoms with Crippen LogP contribution in [0.2, 0.25) is 0 Å². The molecule has 0 radical (unpaired) electrons. The molecule has 1 aliphatic heterocycles. The molecule has 2 rings (SSSR count). The summed E-state index contributed by atoms with van der Waals surface area (Å²) in [6.45, 7) is 0.891. The number of piperidine rings is 1. The fourth-order valence-corrected chi connectivity index (χ4v) is 3.45. The van der Waals surface area contributed by atoms with Gasteiger partial charge in [0.15, 0.2) is 0 Å². The Kier molecular flexibility index (Phi) is 4.33. The number of sulfonamides is 1. The van der Waals surface area contributed by atoms with Gasteiger partial charge >= 0.3 is 0 Å². The molecule has 1 unspecified atom stereocenters. The number of nitrogens with one attached hydrogen (secondary N) is 1. The van der Waals surface area contributed by atoms with Crippen LogP contribution in [0.25, 0.3) is 0 Å². The number of nitrogens with zero attached hydrogens (tertiary/aromatic N) is 3. The van der Waals surface area contributed by atoms with Gasteiger partial charge in [-0.15, -0.1) is 0 Å². The Morgan fingerprint density at radius 2 is 2.11 bits per heavy atom. The van der Waals surface area contributed by atoms with Crippen molar-refractivity contribution in [2.24, 2.45) is 0 Å². The molecule has 1 aliphatic rings. The van der Waals surface area contributed by atoms with Crippen molar-refractivity contribution in [2.45, 2.75) is 23.8 Å². The summed E-state index contributed by atoms with van der Waals surface area (Å²) in [6.07, 6.45) is 4.29. The van der Waals surface area contributed by atoms with Crippen molar-refractivity contribution in [1.82, 2.24) is 14.3 Å². The molecule has 1 saturated heterocycles. The minimum Gasteiger partial charge on any atom is -0.380 e. The Hall–Kier alpha value is -1.25. The number of aromatic nitrogens is 2. The highest BCUT2D eigenvalue weighted by Crippen LogP contribution is 2.21. The SMILES string of the molecule is CNc1ncc(S(=O)(=O)N2CCCC(OC)C2)cn1. The van der Waals surface area contributed by atoms with Crippen molar-refractivity contribution >= 4 is 16.0 Å². The van der Waals surface area contributed by atoms with Gasteiger partial charge in [-0.25, -0.2) is 18.4 Å². The third-order valence-corrected chi connectivity index (χ3v) is 4.98. The van der Waals surface area contributed by atoms with Crippen LogP contribution in [-0.4, -0.2) is 56.0 Å². The molecule has 0 spiro atoms. The summed E-state index contributed by atoms with van der Waals surface area (Å²) in [5.41, 5.74) is 0. The van der Waals surface area contributed by atoms with Crippen LogP contribution in [0.5, 0.6) is 0 Å². The van der Waals surface area contributed by atoms with Crippen molar-refractivity contribution in [1.29, 1.82) is 0 Å². The van der Waals surface area contributed by atoms with Crippen LogP contribution in [0.1, 0.15) is 12.8 Å². The fourth-order valence-electron chi connectivity index (χ4n) is 2.04. The normalized spacial score (nSPS) is 21.3. The van der Waals surface area contributed by atoms with Crippen LogP contribution in [0.3, 0.4) is 0 Å². The standard InChI is InChI=1S/C11H18N4O3S/c1-12-11-13-6-10(7-14-11)19(16,17)15-5-3-4-9(8-15)18-2/h6-7,9H,3-5,8H2,1-2H3,(H,12,13,14). The summed E-state index contributed by atoms with van der Waals surface area (Å²) in [5.74, 6) is 0.396. The summed E-state index contributed by atoms with van der Waals surface area (Å²) in [7, 11) is -0.249. The predicted molar refractivity (Wildman–Crippen MR) is 70.4 cm³/mol. The van der Waals surface area contributed by atoms with Gasteiger partial charge < -0.3 is 10.1 Å². The lowest BCUT2D eigenvalue weighted by molar-refractivity contribution is 0.0572. The summed E-state index contributed by atoms with van der Waals surface area (Å²) >= 11 is 0. The Morgan fingerprint density at radius 3 is 2.68 bits per heavy atom. The van der Waals surface area contributed by atoms with Crippen LogP contribution >= 0.6 is 0 Å². The molecule has 0 bridgehead atoms. The van der Waals surface area contributed by atoms with Gasteiger partial charge in [-0.1, -0.05) is 0 Å². The molecule has 1 fully saturated rings. The number of anilines is 1. The van der Waals surface area contributed by atoms with E-state index in [0.717, 1.165) is 12.8 Å². The topological polar surface area (TPSA) is 84.4 Å². The number of ether oxygens (including phenoxy) is 1. The quantitative estimate of drug-likeness (QED) is 0.858. The second-order valence-corrected chi connectivity index (χ2v) is 6.29. The molecule has 1 aromatic heterocycles. The molecule has 0 aromatic carbocycles. The zero-order chi connectivity index (χ0) is 13.9. The van der Waals surface area contributed by atoms with E-state index in [2.05, 4.69) is 15.3 Å². The molecule has 7 nitrogen and oxygen atoms in total. The number of hydrogen-bond donors (Lipinski definition) is 1. The van der Waals surface area contributed by atoms with Crippen molar-refractivity contribution in [3.63, 3.8) is 0 Å². The Labute approximate surface area is 113 Å². The molecule has 1 N–H and O–H groups in total. The smallest absolute Gasteiger partial charge is 0.246 e. The number of hydrogen-bond acceptors (Lipinski definition) is 6. The molecule has 1 atom stereocenters. The number of rotatable bonds is 4. The van der Waals surface area contributed by atoms with Gasteiger partial charge in [0.2, 0.25) is 16.0 Å². The van der Waals surface area contributed by atoms with Crippen LogP contribution in [0.15, 0.2) is 17.3 Å². The highest BCUT2D eigenvalue weighted by Gasteiger charge is 2.30. The molecule has 106 valence electrons. The van der Waals surface area contributed by atoms with E-state index in [1.165, 1.54) is 16.7 Å². The summed E-state index contributed by atoms with van der Waals surface area (Å²) < 4.78 is 31.5. The first-order chi connectivity index (χ1) is 9.07. The first kappa shape index (κ1) is 14.2. The van der Waals surface area contributed by atoms with Crippen LogP contribution in [-0.2, 0) is 14.8 Å². The first-order valence-electron chi connectivity index (χ1n) is 6.10. The Balaban J connectivity index is 2.20. The van der Waals surface area contributed by atoms with Crippen LogP contribution in [0, 0.1) is 0 Å². The monoisotopic (exact) mass is 286 g/mol. The van der Waals surface area contributed by atoms with E-state index in [1.54, 1.807) is 14.2 Å². The van der Waals surface area contributed by atoms with Gasteiger partial charge in [-0.05, 0) is 12.8 Å². The van der Waals surface area contributed by atoms with Gasteiger partial charge in [0.1, 0.15) is 4.90 Å². The maximum absolute atomic E-state index is 12.4. The second kappa shape index (κ2) is 5.81. The molecule has 19 heavy (non-hydrogen) atoms. The van der Waals surface area contributed by atoms with E-state index < -0.39 is 10.0 Å². The van der Waals surface area contributed by atoms with Crippen molar-refractivity contribution in [3.05, 3.63) is 12.4 Å². The van der Waals surface area contributed by atoms with E-state index in [0.29, 0.717) is 19.0 Å². The van der Waals surface area contributed by atoms with Crippen molar-refractivity contribution in [3.8, 4) is 0 Å². The zero-order valence-corrected chi connectivity index (χ0v) is 11.9. The van der Waals surface area contributed by atoms with E-state index in [9.17, 15) is 8.42 Å². The summed E-state index contributed by atoms with van der Waals surface area (Å²) in [4.78, 5) is 7.99. The molecule has 0 amide bonds. The van der Waals surface area contributed by atoms with Gasteiger partial charge in [0.05, 0.1) is 18.5 Å². The van der Waals surface area contributed by atoms with E-state index >= 15 is 0 Å². The molecule has 8 heteroatoms. The third-order valence-electron chi connectivity index (χ3n) is 3.16. The van der Waals surface area contributed by atoms with Gasteiger partial charge in [0, 0.05) is 27.2 Å². The maximum Gasteiger partial charge on any atom is 0.246 e. The molecular formula is C11H18N4O3S. The first-order valence-corrected chi connectivity index (χ1v) is 7.54. The average Bonchev–Trinajstić information content (AvgIpc) is 2.47. The highest BCUT2D eigenvalue weighted by atomic mass is 32.2. The van der Waals surface area contributed by atoms with E-state index in [1.807, 2.05) is 0 Å². The minimum absolute atomic E-state index is 0.0407. The maximum atomic E-state index is 12.4. The third kappa shape index (κ3) is 3.02. The van der Waals surface area contributed by atoms with Crippen LogP contribution in [0.4, 0.5) is 5.95 Å². The molecule has 2 heterocycles. The highest BCUT2D eigenvalue weighted by molar-refractivity contribution is 7.89. The lowest BCUT2D eigenvalue weighted by Crippen LogP contribution is -2.42. The summed E-state index contributed by atoms with van der Waals surface area (Å²) in [5, 5.41) is 2.75.